The third-order valence-electron chi connectivity index (χ3n) is 3.74. The Morgan fingerprint density at radius 1 is 1.18 bits per heavy atom. The third-order valence-corrected chi connectivity index (χ3v) is 3.74. The van der Waals surface area contributed by atoms with Crippen molar-refractivity contribution in [3.63, 3.8) is 0 Å². The van der Waals surface area contributed by atoms with E-state index < -0.39 is 0 Å². The average molecular weight is 232 g/mol. The standard InChI is InChI=1S/C16H24O/c1-14-7-5-11-16(13-14)17-12-6-10-15-8-3-2-4-9-15/h5,7,11,13,15H,2-4,6,8-10,12H2,1H3. The smallest absolute Gasteiger partial charge is 0.119 e. The summed E-state index contributed by atoms with van der Waals surface area (Å²) in [6.07, 6.45) is 9.81. The maximum atomic E-state index is 5.78. The molecule has 0 aromatic heterocycles. The first-order chi connectivity index (χ1) is 8.34. The summed E-state index contributed by atoms with van der Waals surface area (Å²) in [6, 6.07) is 8.33. The molecule has 0 amide bonds. The number of aryl methyl sites for hydroxylation is 1. The molecule has 2 rings (SSSR count). The van der Waals surface area contributed by atoms with Crippen molar-refractivity contribution in [2.75, 3.05) is 6.61 Å². The number of ether oxygens (including phenoxy) is 1. The van der Waals surface area contributed by atoms with Gasteiger partial charge in [-0.05, 0) is 43.4 Å². The van der Waals surface area contributed by atoms with E-state index in [4.69, 9.17) is 4.74 Å². The maximum Gasteiger partial charge on any atom is 0.119 e. The summed E-state index contributed by atoms with van der Waals surface area (Å²) in [6.45, 7) is 2.98. The van der Waals surface area contributed by atoms with Crippen molar-refractivity contribution >= 4 is 0 Å². The first-order valence-electron chi connectivity index (χ1n) is 7.04. The monoisotopic (exact) mass is 232 g/mol. The maximum absolute atomic E-state index is 5.78. The van der Waals surface area contributed by atoms with E-state index >= 15 is 0 Å². The molecule has 1 aromatic carbocycles. The summed E-state index contributed by atoms with van der Waals surface area (Å²) >= 11 is 0. The molecule has 0 aliphatic heterocycles. The van der Waals surface area contributed by atoms with Crippen molar-refractivity contribution < 1.29 is 4.74 Å². The lowest BCUT2D eigenvalue weighted by atomic mass is 9.86. The van der Waals surface area contributed by atoms with Crippen LogP contribution in [0.15, 0.2) is 24.3 Å². The van der Waals surface area contributed by atoms with Crippen LogP contribution in [0.3, 0.4) is 0 Å². The highest BCUT2D eigenvalue weighted by molar-refractivity contribution is 5.27. The zero-order valence-corrected chi connectivity index (χ0v) is 11.0. The molecule has 0 saturated heterocycles. The van der Waals surface area contributed by atoms with E-state index in [9.17, 15) is 0 Å². The summed E-state index contributed by atoms with van der Waals surface area (Å²) in [7, 11) is 0. The molecule has 1 aliphatic rings. The highest BCUT2D eigenvalue weighted by Gasteiger charge is 2.12. The van der Waals surface area contributed by atoms with Gasteiger partial charge in [0.05, 0.1) is 6.61 Å². The molecule has 1 saturated carbocycles. The lowest BCUT2D eigenvalue weighted by molar-refractivity contribution is 0.269. The van der Waals surface area contributed by atoms with Crippen LogP contribution in [0.25, 0.3) is 0 Å². The van der Waals surface area contributed by atoms with Gasteiger partial charge in [-0.1, -0.05) is 44.2 Å². The van der Waals surface area contributed by atoms with Crippen molar-refractivity contribution in [1.29, 1.82) is 0 Å². The second kappa shape index (κ2) is 6.68. The molecule has 0 atom stereocenters. The molecule has 1 aliphatic carbocycles. The third kappa shape index (κ3) is 4.41. The highest BCUT2D eigenvalue weighted by atomic mass is 16.5. The molecule has 94 valence electrons. The largest absolute Gasteiger partial charge is 0.494 e. The van der Waals surface area contributed by atoms with Gasteiger partial charge in [0.1, 0.15) is 5.75 Å². The van der Waals surface area contributed by atoms with Gasteiger partial charge in [-0.15, -0.1) is 0 Å². The Kier molecular flexibility index (Phi) is 4.90. The van der Waals surface area contributed by atoms with Gasteiger partial charge < -0.3 is 4.74 Å². The lowest BCUT2D eigenvalue weighted by Gasteiger charge is -2.21. The van der Waals surface area contributed by atoms with Gasteiger partial charge in [0.15, 0.2) is 0 Å². The normalized spacial score (nSPS) is 17.0. The predicted octanol–water partition coefficient (Wildman–Crippen LogP) is 4.73. The van der Waals surface area contributed by atoms with Gasteiger partial charge in [0.2, 0.25) is 0 Å². The molecule has 1 aromatic rings. The van der Waals surface area contributed by atoms with Crippen LogP contribution in [-0.2, 0) is 0 Å². The van der Waals surface area contributed by atoms with Crippen LogP contribution in [0.4, 0.5) is 0 Å². The predicted molar refractivity (Wildman–Crippen MR) is 72.5 cm³/mol. The number of hydrogen-bond acceptors (Lipinski definition) is 1. The van der Waals surface area contributed by atoms with Crippen LogP contribution in [0.2, 0.25) is 0 Å². The molecular weight excluding hydrogens is 208 g/mol. The molecule has 0 N–H and O–H groups in total. The number of benzene rings is 1. The van der Waals surface area contributed by atoms with Crippen molar-refractivity contribution in [3.05, 3.63) is 29.8 Å². The summed E-state index contributed by atoms with van der Waals surface area (Å²) in [4.78, 5) is 0. The second-order valence-corrected chi connectivity index (χ2v) is 5.31. The topological polar surface area (TPSA) is 9.23 Å². The summed E-state index contributed by atoms with van der Waals surface area (Å²) < 4.78 is 5.78. The molecular formula is C16H24O. The minimum atomic E-state index is 0.875. The minimum absolute atomic E-state index is 0.875. The van der Waals surface area contributed by atoms with Crippen LogP contribution >= 0.6 is 0 Å². The number of rotatable bonds is 5. The molecule has 1 nitrogen and oxygen atoms in total. The van der Waals surface area contributed by atoms with E-state index in [1.807, 2.05) is 6.07 Å². The fraction of sp³-hybridized carbons (Fsp3) is 0.625. The average Bonchev–Trinajstić information content (AvgIpc) is 2.36. The summed E-state index contributed by atoms with van der Waals surface area (Å²) in [5.41, 5.74) is 1.27. The lowest BCUT2D eigenvalue weighted by Crippen LogP contribution is -2.08. The van der Waals surface area contributed by atoms with E-state index in [2.05, 4.69) is 25.1 Å². The van der Waals surface area contributed by atoms with Gasteiger partial charge in [-0.3, -0.25) is 0 Å². The van der Waals surface area contributed by atoms with E-state index in [1.165, 1.54) is 50.5 Å². The molecule has 1 heteroatoms. The van der Waals surface area contributed by atoms with Crippen LogP contribution in [0.5, 0.6) is 5.75 Å². The first-order valence-corrected chi connectivity index (χ1v) is 7.04. The van der Waals surface area contributed by atoms with Gasteiger partial charge in [0, 0.05) is 0 Å². The molecule has 0 spiro atoms. The number of hydrogen-bond donors (Lipinski definition) is 0. The van der Waals surface area contributed by atoms with Crippen LogP contribution in [0, 0.1) is 12.8 Å². The van der Waals surface area contributed by atoms with E-state index in [0.29, 0.717) is 0 Å². The van der Waals surface area contributed by atoms with E-state index in [0.717, 1.165) is 18.3 Å². The quantitative estimate of drug-likeness (QED) is 0.667. The Morgan fingerprint density at radius 3 is 2.76 bits per heavy atom. The fourth-order valence-corrected chi connectivity index (χ4v) is 2.74. The minimum Gasteiger partial charge on any atom is -0.494 e. The second-order valence-electron chi connectivity index (χ2n) is 5.31. The first kappa shape index (κ1) is 12.5. The highest BCUT2D eigenvalue weighted by Crippen LogP contribution is 2.27. The van der Waals surface area contributed by atoms with Crippen LogP contribution < -0.4 is 4.74 Å². The van der Waals surface area contributed by atoms with E-state index in [-0.39, 0.29) is 0 Å². The van der Waals surface area contributed by atoms with Crippen molar-refractivity contribution in [2.24, 2.45) is 5.92 Å². The molecule has 17 heavy (non-hydrogen) atoms. The van der Waals surface area contributed by atoms with Crippen molar-refractivity contribution in [1.82, 2.24) is 0 Å². The zero-order chi connectivity index (χ0) is 11.9. The molecule has 0 heterocycles. The Morgan fingerprint density at radius 2 is 2.00 bits per heavy atom. The molecule has 0 unspecified atom stereocenters. The molecule has 1 fully saturated rings. The van der Waals surface area contributed by atoms with Crippen molar-refractivity contribution in [3.8, 4) is 5.75 Å². The SMILES string of the molecule is Cc1cccc(OCCCC2CCCCC2)c1. The molecule has 0 radical (unpaired) electrons. The Labute approximate surface area is 105 Å². The summed E-state index contributed by atoms with van der Waals surface area (Å²) in [5.74, 6) is 2.00. The summed E-state index contributed by atoms with van der Waals surface area (Å²) in [5, 5.41) is 0. The van der Waals surface area contributed by atoms with Gasteiger partial charge >= 0.3 is 0 Å². The van der Waals surface area contributed by atoms with Crippen LogP contribution in [0.1, 0.15) is 50.5 Å². The Balaban J connectivity index is 1.62. The van der Waals surface area contributed by atoms with Gasteiger partial charge in [0.25, 0.3) is 0 Å². The zero-order valence-electron chi connectivity index (χ0n) is 11.0. The van der Waals surface area contributed by atoms with Gasteiger partial charge in [-0.2, -0.15) is 0 Å². The van der Waals surface area contributed by atoms with Crippen LogP contribution in [-0.4, -0.2) is 6.61 Å². The van der Waals surface area contributed by atoms with E-state index in [1.54, 1.807) is 0 Å². The van der Waals surface area contributed by atoms with Crippen molar-refractivity contribution in [2.45, 2.75) is 51.9 Å². The van der Waals surface area contributed by atoms with Gasteiger partial charge in [-0.25, -0.2) is 0 Å². The Hall–Kier alpha value is -0.980. The molecule has 0 bridgehead atoms. The Bertz CT molecular complexity index is 326. The fourth-order valence-electron chi connectivity index (χ4n) is 2.74.